The van der Waals surface area contributed by atoms with E-state index in [0.717, 1.165) is 36.9 Å². The predicted molar refractivity (Wildman–Crippen MR) is 165 cm³/mol. The van der Waals surface area contributed by atoms with E-state index >= 15 is 0 Å². The van der Waals surface area contributed by atoms with Crippen molar-refractivity contribution in [3.63, 3.8) is 0 Å². The highest BCUT2D eigenvalue weighted by Crippen LogP contribution is 2.27. The number of hydrogen-bond acceptors (Lipinski definition) is 8. The summed E-state index contributed by atoms with van der Waals surface area (Å²) >= 11 is 12.4. The quantitative estimate of drug-likeness (QED) is 0.389. The SMILES string of the molecule is CCCCc1nc(N2CCN(C(=O)[C@H]3CCCN3C(=O)OC(C)(C)C)CC2)nc(NCc2ccc(Cl)cc2Cl)c1CO. The Balaban J connectivity index is 1.47. The van der Waals surface area contributed by atoms with E-state index in [2.05, 4.69) is 17.1 Å². The van der Waals surface area contributed by atoms with E-state index in [0.29, 0.717) is 73.1 Å². The van der Waals surface area contributed by atoms with Gasteiger partial charge in [0.15, 0.2) is 0 Å². The van der Waals surface area contributed by atoms with Gasteiger partial charge in [-0.05, 0) is 64.2 Å². The van der Waals surface area contributed by atoms with Crippen LogP contribution in [0.3, 0.4) is 0 Å². The van der Waals surface area contributed by atoms with Crippen LogP contribution >= 0.6 is 23.2 Å². The number of halogens is 2. The number of aliphatic hydroxyl groups excluding tert-OH is 1. The van der Waals surface area contributed by atoms with E-state index in [4.69, 9.17) is 37.9 Å². The summed E-state index contributed by atoms with van der Waals surface area (Å²) < 4.78 is 5.55. The Morgan fingerprint density at radius 1 is 1.12 bits per heavy atom. The molecule has 2 aromatic rings. The fourth-order valence-corrected chi connectivity index (χ4v) is 5.74. The first kappa shape index (κ1) is 32.1. The number of anilines is 2. The Kier molecular flexibility index (Phi) is 10.8. The van der Waals surface area contributed by atoms with E-state index in [1.165, 1.54) is 0 Å². The van der Waals surface area contributed by atoms with Gasteiger partial charge in [-0.3, -0.25) is 9.69 Å². The fourth-order valence-electron chi connectivity index (χ4n) is 5.27. The highest BCUT2D eigenvalue weighted by molar-refractivity contribution is 6.35. The van der Waals surface area contributed by atoms with Crippen molar-refractivity contribution in [3.8, 4) is 0 Å². The van der Waals surface area contributed by atoms with Crippen LogP contribution in [0.4, 0.5) is 16.6 Å². The molecule has 2 aliphatic heterocycles. The second kappa shape index (κ2) is 14.1. The topological polar surface area (TPSA) is 111 Å². The summed E-state index contributed by atoms with van der Waals surface area (Å²) in [5.41, 5.74) is 1.73. The number of carbonyl (C=O) groups is 2. The van der Waals surface area contributed by atoms with Gasteiger partial charge in [-0.25, -0.2) is 9.78 Å². The molecule has 2 fully saturated rings. The number of aliphatic hydroxyl groups is 1. The van der Waals surface area contributed by atoms with Crippen molar-refractivity contribution in [2.75, 3.05) is 42.9 Å². The number of nitrogens with zero attached hydrogens (tertiary/aromatic N) is 5. The first-order chi connectivity index (χ1) is 20.0. The third kappa shape index (κ3) is 7.96. The molecule has 0 spiro atoms. The van der Waals surface area contributed by atoms with Gasteiger partial charge in [0.1, 0.15) is 17.5 Å². The Labute approximate surface area is 258 Å². The van der Waals surface area contributed by atoms with Gasteiger partial charge < -0.3 is 25.0 Å². The molecule has 4 rings (SSSR count). The number of carbonyl (C=O) groups excluding carboxylic acids is 2. The Bertz CT molecular complexity index is 1260. The fraction of sp³-hybridized carbons (Fsp3) is 0.600. The molecule has 0 unspecified atom stereocenters. The zero-order chi connectivity index (χ0) is 30.4. The van der Waals surface area contributed by atoms with Crippen molar-refractivity contribution in [1.82, 2.24) is 19.8 Å². The number of aromatic nitrogens is 2. The zero-order valence-corrected chi connectivity index (χ0v) is 26.5. The molecule has 2 N–H and O–H groups in total. The number of likely N-dealkylation sites (tertiary alicyclic amines) is 1. The molecule has 42 heavy (non-hydrogen) atoms. The average Bonchev–Trinajstić information content (AvgIpc) is 3.44. The molecular formula is C30H42Cl2N6O4. The summed E-state index contributed by atoms with van der Waals surface area (Å²) in [7, 11) is 0. The van der Waals surface area contributed by atoms with Gasteiger partial charge in [-0.15, -0.1) is 0 Å². The minimum absolute atomic E-state index is 0.0413. The summed E-state index contributed by atoms with van der Waals surface area (Å²) in [4.78, 5) is 41.4. The average molecular weight is 622 g/mol. The predicted octanol–water partition coefficient (Wildman–Crippen LogP) is 5.28. The number of unbranched alkanes of at least 4 members (excludes halogenated alkanes) is 1. The van der Waals surface area contributed by atoms with E-state index < -0.39 is 17.7 Å². The number of amides is 2. The highest BCUT2D eigenvalue weighted by Gasteiger charge is 2.39. The maximum absolute atomic E-state index is 13.5. The molecule has 0 radical (unpaired) electrons. The molecule has 230 valence electrons. The van der Waals surface area contributed by atoms with Crippen molar-refractivity contribution >= 4 is 47.0 Å². The summed E-state index contributed by atoms with van der Waals surface area (Å²) in [6.45, 7) is 10.4. The van der Waals surface area contributed by atoms with Crippen LogP contribution in [-0.2, 0) is 29.1 Å². The van der Waals surface area contributed by atoms with E-state index in [9.17, 15) is 14.7 Å². The molecule has 1 aromatic carbocycles. The smallest absolute Gasteiger partial charge is 0.410 e. The summed E-state index contributed by atoms with van der Waals surface area (Å²) in [6.07, 6.45) is 3.63. The Morgan fingerprint density at radius 2 is 1.86 bits per heavy atom. The molecule has 2 saturated heterocycles. The number of rotatable bonds is 9. The lowest BCUT2D eigenvalue weighted by molar-refractivity contribution is -0.136. The molecule has 2 amide bonds. The number of nitrogens with one attached hydrogen (secondary N) is 1. The van der Waals surface area contributed by atoms with Gasteiger partial charge in [0.05, 0.1) is 12.3 Å². The van der Waals surface area contributed by atoms with Crippen LogP contribution < -0.4 is 10.2 Å². The van der Waals surface area contributed by atoms with Crippen LogP contribution in [0.1, 0.15) is 70.2 Å². The second-order valence-electron chi connectivity index (χ2n) is 11.8. The molecule has 2 aliphatic rings. The number of benzene rings is 1. The van der Waals surface area contributed by atoms with Gasteiger partial charge in [0, 0.05) is 54.9 Å². The molecule has 1 aromatic heterocycles. The van der Waals surface area contributed by atoms with Crippen LogP contribution in [0.2, 0.25) is 10.0 Å². The van der Waals surface area contributed by atoms with Crippen molar-refractivity contribution in [2.24, 2.45) is 0 Å². The van der Waals surface area contributed by atoms with Crippen LogP contribution in [0.5, 0.6) is 0 Å². The minimum atomic E-state index is -0.616. The molecule has 1 atom stereocenters. The molecule has 12 heteroatoms. The lowest BCUT2D eigenvalue weighted by Crippen LogP contribution is -2.55. The number of aryl methyl sites for hydroxylation is 1. The van der Waals surface area contributed by atoms with Crippen molar-refractivity contribution in [3.05, 3.63) is 45.1 Å². The first-order valence-corrected chi connectivity index (χ1v) is 15.5. The van der Waals surface area contributed by atoms with Gasteiger partial charge >= 0.3 is 6.09 Å². The number of ether oxygens (including phenoxy) is 1. The summed E-state index contributed by atoms with van der Waals surface area (Å²) in [6, 6.07) is 4.85. The number of hydrogen-bond donors (Lipinski definition) is 2. The lowest BCUT2D eigenvalue weighted by atomic mass is 10.1. The standard InChI is InChI=1S/C30H42Cl2N6O4/c1-5-6-8-24-22(19-39)26(33-18-20-10-11-21(31)17-23(20)32)35-28(34-24)37-15-13-36(14-16-37)27(40)25-9-7-12-38(25)29(41)42-30(2,3)4/h10-11,17,25,39H,5-9,12-16,18-19H2,1-4H3,(H,33,34,35)/t25-/m1/s1. The third-order valence-corrected chi connectivity index (χ3v) is 8.09. The van der Waals surface area contributed by atoms with Crippen molar-refractivity contribution < 1.29 is 19.4 Å². The minimum Gasteiger partial charge on any atom is -0.444 e. The summed E-state index contributed by atoms with van der Waals surface area (Å²) in [5, 5.41) is 14.7. The monoisotopic (exact) mass is 620 g/mol. The van der Waals surface area contributed by atoms with E-state index in [1.807, 2.05) is 31.7 Å². The molecule has 3 heterocycles. The normalized spacial score (nSPS) is 17.5. The number of piperazine rings is 1. The van der Waals surface area contributed by atoms with Gasteiger partial charge in [-0.1, -0.05) is 42.6 Å². The molecular weight excluding hydrogens is 579 g/mol. The summed E-state index contributed by atoms with van der Waals surface area (Å²) in [5.74, 6) is 1.09. The van der Waals surface area contributed by atoms with E-state index in [1.54, 1.807) is 17.0 Å². The van der Waals surface area contributed by atoms with Gasteiger partial charge in [0.25, 0.3) is 0 Å². The van der Waals surface area contributed by atoms with Crippen LogP contribution in [0.25, 0.3) is 0 Å². The first-order valence-electron chi connectivity index (χ1n) is 14.7. The van der Waals surface area contributed by atoms with Crippen molar-refractivity contribution in [2.45, 2.75) is 84.6 Å². The molecule has 0 bridgehead atoms. The van der Waals surface area contributed by atoms with Crippen LogP contribution in [0, 0.1) is 0 Å². The van der Waals surface area contributed by atoms with Crippen molar-refractivity contribution in [1.29, 1.82) is 0 Å². The highest BCUT2D eigenvalue weighted by atomic mass is 35.5. The zero-order valence-electron chi connectivity index (χ0n) is 25.0. The van der Waals surface area contributed by atoms with Crippen LogP contribution in [-0.4, -0.2) is 81.2 Å². The van der Waals surface area contributed by atoms with Crippen LogP contribution in [0.15, 0.2) is 18.2 Å². The third-order valence-electron chi connectivity index (χ3n) is 7.51. The molecule has 0 aliphatic carbocycles. The Morgan fingerprint density at radius 3 is 2.50 bits per heavy atom. The maximum atomic E-state index is 13.5. The molecule has 10 nitrogen and oxygen atoms in total. The lowest BCUT2D eigenvalue weighted by Gasteiger charge is -2.37. The van der Waals surface area contributed by atoms with E-state index in [-0.39, 0.29) is 12.5 Å². The maximum Gasteiger partial charge on any atom is 0.410 e. The van der Waals surface area contributed by atoms with Gasteiger partial charge in [-0.2, -0.15) is 4.98 Å². The largest absolute Gasteiger partial charge is 0.444 e. The van der Waals surface area contributed by atoms with Gasteiger partial charge in [0.2, 0.25) is 11.9 Å². The Hall–Kier alpha value is -2.82. The second-order valence-corrected chi connectivity index (χ2v) is 12.6. The molecule has 0 saturated carbocycles.